The fraction of sp³-hybridized carbons (Fsp3) is 0.333. The van der Waals surface area contributed by atoms with E-state index in [4.69, 9.17) is 14.2 Å². The first kappa shape index (κ1) is 17.7. The van der Waals surface area contributed by atoms with Gasteiger partial charge in [-0.25, -0.2) is 4.39 Å². The van der Waals surface area contributed by atoms with Crippen molar-refractivity contribution in [3.05, 3.63) is 77.7 Å². The van der Waals surface area contributed by atoms with Crippen LogP contribution in [0.1, 0.15) is 37.5 Å². The van der Waals surface area contributed by atoms with Crippen LogP contribution in [0.4, 0.5) is 10.1 Å². The molecular weight excluding hydrogens is 345 g/mol. The summed E-state index contributed by atoms with van der Waals surface area (Å²) in [4.78, 5) is 4.72. The zero-order chi connectivity index (χ0) is 18.9. The Bertz CT molecular complexity index is 901. The van der Waals surface area contributed by atoms with Crippen molar-refractivity contribution in [1.29, 1.82) is 0 Å². The quantitative estimate of drug-likeness (QED) is 0.730. The van der Waals surface area contributed by atoms with E-state index >= 15 is 0 Å². The Morgan fingerprint density at radius 1 is 1.07 bits per heavy atom. The Balaban J connectivity index is 1.66. The molecule has 0 spiro atoms. The second-order valence-corrected chi connectivity index (χ2v) is 7.43. The highest BCUT2D eigenvalue weighted by atomic mass is 19.1. The van der Waals surface area contributed by atoms with Crippen molar-refractivity contribution < 1.29 is 13.7 Å². The maximum absolute atomic E-state index is 13.4. The minimum atomic E-state index is -0.546. The lowest BCUT2D eigenvalue weighted by atomic mass is 9.79. The van der Waals surface area contributed by atoms with Crippen LogP contribution in [0.3, 0.4) is 0 Å². The Morgan fingerprint density at radius 2 is 1.81 bits per heavy atom. The number of nitrogens with zero attached hydrogens (tertiary/aromatic N) is 2. The molecule has 1 aliphatic rings. The van der Waals surface area contributed by atoms with E-state index in [2.05, 4.69) is 10.5 Å². The van der Waals surface area contributed by atoms with Crippen molar-refractivity contribution in [3.63, 3.8) is 0 Å². The van der Waals surface area contributed by atoms with E-state index in [-0.39, 0.29) is 5.82 Å². The second kappa shape index (κ2) is 6.78. The van der Waals surface area contributed by atoms with Gasteiger partial charge in [0, 0.05) is 12.3 Å². The summed E-state index contributed by atoms with van der Waals surface area (Å²) in [6.45, 7) is 5.04. The third kappa shape index (κ3) is 3.32. The molecule has 2 aromatic carbocycles. The summed E-state index contributed by atoms with van der Waals surface area (Å²) in [6, 6.07) is 16.3. The van der Waals surface area contributed by atoms with E-state index < -0.39 is 11.0 Å². The summed E-state index contributed by atoms with van der Waals surface area (Å²) < 4.78 is 24.7. The number of rotatable bonds is 5. The molecule has 1 aromatic heterocycles. The molecule has 0 aliphatic carbocycles. The van der Waals surface area contributed by atoms with Crippen LogP contribution in [0.25, 0.3) is 0 Å². The summed E-state index contributed by atoms with van der Waals surface area (Å²) in [5, 5.41) is 7.70. The van der Waals surface area contributed by atoms with Crippen molar-refractivity contribution in [2.45, 2.75) is 31.2 Å². The SMILES string of the molecule is CC(C)(Nc1ccccc1)c1nc(C2(c3ccc(F)cc3)CCOC2)no1. The number of para-hydroxylation sites is 1. The lowest BCUT2D eigenvalue weighted by Gasteiger charge is -2.25. The molecule has 1 N–H and O–H groups in total. The van der Waals surface area contributed by atoms with E-state index in [9.17, 15) is 4.39 Å². The van der Waals surface area contributed by atoms with Crippen LogP contribution in [0.2, 0.25) is 0 Å². The molecule has 0 saturated carbocycles. The van der Waals surface area contributed by atoms with Crippen LogP contribution in [0, 0.1) is 5.82 Å². The van der Waals surface area contributed by atoms with E-state index in [1.807, 2.05) is 44.2 Å². The van der Waals surface area contributed by atoms with Crippen LogP contribution < -0.4 is 5.32 Å². The highest BCUT2D eigenvalue weighted by molar-refractivity contribution is 5.45. The van der Waals surface area contributed by atoms with E-state index in [0.29, 0.717) is 24.9 Å². The number of ether oxygens (including phenoxy) is 1. The molecule has 1 saturated heterocycles. The average Bonchev–Trinajstić information content (AvgIpc) is 3.33. The van der Waals surface area contributed by atoms with Gasteiger partial charge in [-0.1, -0.05) is 35.5 Å². The molecule has 3 aromatic rings. The van der Waals surface area contributed by atoms with E-state index in [1.165, 1.54) is 12.1 Å². The van der Waals surface area contributed by atoms with Crippen LogP contribution in [0.15, 0.2) is 59.1 Å². The van der Waals surface area contributed by atoms with Crippen LogP contribution >= 0.6 is 0 Å². The molecule has 4 rings (SSSR count). The Labute approximate surface area is 157 Å². The molecule has 1 fully saturated rings. The van der Waals surface area contributed by atoms with Gasteiger partial charge in [-0.05, 0) is 50.1 Å². The third-order valence-corrected chi connectivity index (χ3v) is 5.04. The number of hydrogen-bond donors (Lipinski definition) is 1. The van der Waals surface area contributed by atoms with Gasteiger partial charge in [0.25, 0.3) is 5.89 Å². The van der Waals surface area contributed by atoms with E-state index in [1.54, 1.807) is 12.1 Å². The van der Waals surface area contributed by atoms with Gasteiger partial charge in [-0.3, -0.25) is 0 Å². The summed E-state index contributed by atoms with van der Waals surface area (Å²) in [7, 11) is 0. The van der Waals surface area contributed by atoms with Crippen LogP contribution in [-0.4, -0.2) is 23.4 Å². The van der Waals surface area contributed by atoms with Crippen molar-refractivity contribution in [2.75, 3.05) is 18.5 Å². The zero-order valence-electron chi connectivity index (χ0n) is 15.4. The summed E-state index contributed by atoms with van der Waals surface area (Å²) in [5.41, 5.74) is 0.844. The minimum absolute atomic E-state index is 0.269. The van der Waals surface area contributed by atoms with Gasteiger partial charge in [0.15, 0.2) is 5.82 Å². The monoisotopic (exact) mass is 367 g/mol. The minimum Gasteiger partial charge on any atom is -0.380 e. The fourth-order valence-corrected chi connectivity index (χ4v) is 3.47. The zero-order valence-corrected chi connectivity index (χ0v) is 15.4. The average molecular weight is 367 g/mol. The van der Waals surface area contributed by atoms with Crippen molar-refractivity contribution in [2.24, 2.45) is 0 Å². The normalized spacial score (nSPS) is 20.0. The highest BCUT2D eigenvalue weighted by Crippen LogP contribution is 2.39. The molecule has 1 atom stereocenters. The van der Waals surface area contributed by atoms with Crippen molar-refractivity contribution in [1.82, 2.24) is 10.1 Å². The molecule has 1 aliphatic heterocycles. The number of anilines is 1. The van der Waals surface area contributed by atoms with Crippen LogP contribution in [0.5, 0.6) is 0 Å². The van der Waals surface area contributed by atoms with Gasteiger partial charge in [-0.15, -0.1) is 0 Å². The molecule has 0 radical (unpaired) electrons. The topological polar surface area (TPSA) is 60.2 Å². The van der Waals surface area contributed by atoms with Gasteiger partial charge < -0.3 is 14.6 Å². The van der Waals surface area contributed by atoms with E-state index in [0.717, 1.165) is 17.7 Å². The maximum Gasteiger partial charge on any atom is 0.251 e. The van der Waals surface area contributed by atoms with Gasteiger partial charge in [-0.2, -0.15) is 4.98 Å². The van der Waals surface area contributed by atoms with Crippen molar-refractivity contribution in [3.8, 4) is 0 Å². The largest absolute Gasteiger partial charge is 0.380 e. The number of benzene rings is 2. The summed E-state index contributed by atoms with van der Waals surface area (Å²) >= 11 is 0. The number of hydrogen-bond acceptors (Lipinski definition) is 5. The Kier molecular flexibility index (Phi) is 4.44. The second-order valence-electron chi connectivity index (χ2n) is 7.43. The van der Waals surface area contributed by atoms with Gasteiger partial charge in [0.2, 0.25) is 0 Å². The first-order valence-electron chi connectivity index (χ1n) is 9.01. The van der Waals surface area contributed by atoms with Crippen LogP contribution in [-0.2, 0) is 15.7 Å². The highest BCUT2D eigenvalue weighted by Gasteiger charge is 2.44. The summed E-state index contributed by atoms with van der Waals surface area (Å²) in [5.74, 6) is 0.800. The number of aromatic nitrogens is 2. The number of nitrogens with one attached hydrogen (secondary N) is 1. The Hall–Kier alpha value is -2.73. The molecule has 27 heavy (non-hydrogen) atoms. The Morgan fingerprint density at radius 3 is 2.48 bits per heavy atom. The molecule has 0 bridgehead atoms. The van der Waals surface area contributed by atoms with Crippen molar-refractivity contribution >= 4 is 5.69 Å². The smallest absolute Gasteiger partial charge is 0.251 e. The first-order chi connectivity index (χ1) is 13.0. The fourth-order valence-electron chi connectivity index (χ4n) is 3.47. The molecular formula is C21H22FN3O2. The molecule has 5 nitrogen and oxygen atoms in total. The van der Waals surface area contributed by atoms with Gasteiger partial charge >= 0.3 is 0 Å². The lowest BCUT2D eigenvalue weighted by Crippen LogP contribution is -2.31. The summed E-state index contributed by atoms with van der Waals surface area (Å²) in [6.07, 6.45) is 0.726. The molecule has 1 unspecified atom stereocenters. The molecule has 140 valence electrons. The third-order valence-electron chi connectivity index (χ3n) is 5.04. The maximum atomic E-state index is 13.4. The standard InChI is InChI=1S/C21H22FN3O2/c1-20(2,24-17-6-4-3-5-7-17)19-23-18(25-27-19)21(12-13-26-14-21)15-8-10-16(22)11-9-15/h3-11,24H,12-14H2,1-2H3. The molecule has 0 amide bonds. The van der Waals surface area contributed by atoms with Gasteiger partial charge in [0.1, 0.15) is 11.4 Å². The molecule has 2 heterocycles. The lowest BCUT2D eigenvalue weighted by molar-refractivity contribution is 0.182. The predicted molar refractivity (Wildman–Crippen MR) is 100 cm³/mol. The first-order valence-corrected chi connectivity index (χ1v) is 9.01. The molecule has 6 heteroatoms. The van der Waals surface area contributed by atoms with Gasteiger partial charge in [0.05, 0.1) is 12.0 Å². The predicted octanol–water partition coefficient (Wildman–Crippen LogP) is 4.26. The number of halogens is 1.